The summed E-state index contributed by atoms with van der Waals surface area (Å²) < 4.78 is 1.24. The molecule has 10 heteroatoms. The average Bonchev–Trinajstić information content (AvgIpc) is 3.07. The van der Waals surface area contributed by atoms with Crippen molar-refractivity contribution >= 4 is 69.1 Å². The van der Waals surface area contributed by atoms with Gasteiger partial charge in [-0.25, -0.2) is 4.68 Å². The van der Waals surface area contributed by atoms with Crippen molar-refractivity contribution in [3.05, 3.63) is 63.2 Å². The number of carbonyl (C=O) groups excluding carboxylic acids is 3. The van der Waals surface area contributed by atoms with Gasteiger partial charge in [-0.3, -0.25) is 19.8 Å². The van der Waals surface area contributed by atoms with Gasteiger partial charge in [-0.15, -0.1) is 0 Å². The van der Waals surface area contributed by atoms with E-state index in [1.54, 1.807) is 43.3 Å². The number of hydrogen-bond donors (Lipinski definition) is 3. The molecule has 3 amide bonds. The Bertz CT molecular complexity index is 1180. The van der Waals surface area contributed by atoms with Gasteiger partial charge in [-0.1, -0.05) is 41.7 Å². The first-order valence-electron chi connectivity index (χ1n) is 9.38. The van der Waals surface area contributed by atoms with Gasteiger partial charge < -0.3 is 10.6 Å². The largest absolute Gasteiger partial charge is 0.345 e. The SMILES string of the molecule is CC[C@H](C)NC(=O)C(=O)Nn1c(C(=O)Nc2ccc(Cl)cc2Cl)cc2cc(Cl)ccc21. The predicted octanol–water partition coefficient (Wildman–Crippen LogP) is 4.84. The van der Waals surface area contributed by atoms with Crippen molar-refractivity contribution in [1.82, 2.24) is 9.99 Å². The van der Waals surface area contributed by atoms with Crippen molar-refractivity contribution < 1.29 is 14.4 Å². The topological polar surface area (TPSA) is 92.2 Å². The number of benzene rings is 2. The number of fused-ring (bicyclic) bond motifs is 1. The van der Waals surface area contributed by atoms with E-state index in [2.05, 4.69) is 16.1 Å². The maximum absolute atomic E-state index is 13.0. The summed E-state index contributed by atoms with van der Waals surface area (Å²) in [7, 11) is 0. The quantitative estimate of drug-likeness (QED) is 0.455. The van der Waals surface area contributed by atoms with Gasteiger partial charge >= 0.3 is 11.8 Å². The lowest BCUT2D eigenvalue weighted by Crippen LogP contribution is -2.43. The van der Waals surface area contributed by atoms with Gasteiger partial charge in [-0.05, 0) is 55.8 Å². The molecule has 31 heavy (non-hydrogen) atoms. The van der Waals surface area contributed by atoms with Crippen LogP contribution < -0.4 is 16.1 Å². The van der Waals surface area contributed by atoms with E-state index in [0.29, 0.717) is 33.1 Å². The smallest absolute Gasteiger partial charge is 0.328 e. The van der Waals surface area contributed by atoms with Crippen molar-refractivity contribution in [1.29, 1.82) is 0 Å². The maximum atomic E-state index is 13.0. The number of aromatic nitrogens is 1. The molecule has 0 saturated carbocycles. The molecule has 7 nitrogen and oxygen atoms in total. The van der Waals surface area contributed by atoms with Crippen molar-refractivity contribution in [2.45, 2.75) is 26.3 Å². The Morgan fingerprint density at radius 1 is 0.968 bits per heavy atom. The Kier molecular flexibility index (Phi) is 7.10. The second-order valence-electron chi connectivity index (χ2n) is 6.87. The van der Waals surface area contributed by atoms with E-state index in [4.69, 9.17) is 34.8 Å². The van der Waals surface area contributed by atoms with E-state index in [1.807, 2.05) is 6.92 Å². The molecule has 0 fully saturated rings. The van der Waals surface area contributed by atoms with Gasteiger partial charge in [0, 0.05) is 21.5 Å². The normalized spacial score (nSPS) is 11.8. The number of anilines is 1. The first-order valence-corrected chi connectivity index (χ1v) is 10.5. The number of nitrogens with one attached hydrogen (secondary N) is 3. The molecule has 0 radical (unpaired) electrons. The van der Waals surface area contributed by atoms with Crippen LogP contribution in [0.15, 0.2) is 42.5 Å². The standard InChI is InChI=1S/C21H19Cl3N4O3/c1-3-11(2)25-20(30)21(31)27-28-17-7-5-13(22)8-12(17)9-18(28)19(29)26-16-6-4-14(23)10-15(16)24/h4-11H,3H2,1-2H3,(H,25,30)(H,26,29)(H,27,31)/t11-/m0/s1. The molecular weight excluding hydrogens is 463 g/mol. The maximum Gasteiger partial charge on any atom is 0.328 e. The zero-order valence-corrected chi connectivity index (χ0v) is 18.9. The molecule has 162 valence electrons. The van der Waals surface area contributed by atoms with Crippen LogP contribution in [0.5, 0.6) is 0 Å². The van der Waals surface area contributed by atoms with E-state index in [9.17, 15) is 14.4 Å². The second kappa shape index (κ2) is 9.60. The van der Waals surface area contributed by atoms with Crippen LogP contribution in [0.2, 0.25) is 15.1 Å². The first kappa shape index (κ1) is 22.9. The molecule has 0 bridgehead atoms. The van der Waals surface area contributed by atoms with Crippen molar-refractivity contribution in [2.24, 2.45) is 0 Å². The lowest BCUT2D eigenvalue weighted by molar-refractivity contribution is -0.137. The summed E-state index contributed by atoms with van der Waals surface area (Å²) in [6.07, 6.45) is 0.666. The number of rotatable bonds is 5. The molecule has 1 aromatic heterocycles. The third-order valence-corrected chi connectivity index (χ3v) is 5.37. The lowest BCUT2D eigenvalue weighted by atomic mass is 10.2. The summed E-state index contributed by atoms with van der Waals surface area (Å²) in [6.45, 7) is 3.67. The summed E-state index contributed by atoms with van der Waals surface area (Å²) in [5.41, 5.74) is 3.38. The monoisotopic (exact) mass is 480 g/mol. The van der Waals surface area contributed by atoms with Crippen LogP contribution >= 0.6 is 34.8 Å². The highest BCUT2D eigenvalue weighted by molar-refractivity contribution is 6.38. The van der Waals surface area contributed by atoms with Gasteiger partial charge in [0.2, 0.25) is 0 Å². The first-order chi connectivity index (χ1) is 14.7. The third kappa shape index (κ3) is 5.31. The molecular formula is C21H19Cl3N4O3. The summed E-state index contributed by atoms with van der Waals surface area (Å²) in [4.78, 5) is 37.6. The molecule has 0 saturated heterocycles. The molecule has 2 aromatic carbocycles. The van der Waals surface area contributed by atoms with Crippen molar-refractivity contribution in [3.63, 3.8) is 0 Å². The summed E-state index contributed by atoms with van der Waals surface area (Å²) in [5, 5.41) is 6.99. The van der Waals surface area contributed by atoms with Crippen molar-refractivity contribution in [2.75, 3.05) is 10.7 Å². The Morgan fingerprint density at radius 3 is 2.32 bits per heavy atom. The molecule has 0 aliphatic heterocycles. The van der Waals surface area contributed by atoms with E-state index < -0.39 is 17.7 Å². The minimum Gasteiger partial charge on any atom is -0.345 e. The number of nitrogens with zero attached hydrogens (tertiary/aromatic N) is 1. The fourth-order valence-electron chi connectivity index (χ4n) is 2.79. The molecule has 0 unspecified atom stereocenters. The zero-order valence-electron chi connectivity index (χ0n) is 16.6. The molecule has 1 atom stereocenters. The number of amides is 3. The number of halogens is 3. The van der Waals surface area contributed by atoms with Crippen LogP contribution in [0.25, 0.3) is 10.9 Å². The molecule has 3 aromatic rings. The molecule has 3 rings (SSSR count). The summed E-state index contributed by atoms with van der Waals surface area (Å²) in [5.74, 6) is -2.28. The van der Waals surface area contributed by atoms with Crippen LogP contribution in [0.1, 0.15) is 30.8 Å². The molecule has 0 aliphatic rings. The lowest BCUT2D eigenvalue weighted by Gasteiger charge is -2.15. The Labute approximate surface area is 193 Å². The number of hydrogen-bond acceptors (Lipinski definition) is 3. The highest BCUT2D eigenvalue weighted by atomic mass is 35.5. The van der Waals surface area contributed by atoms with Crippen LogP contribution in [-0.4, -0.2) is 28.4 Å². The van der Waals surface area contributed by atoms with Crippen LogP contribution in [-0.2, 0) is 9.59 Å². The van der Waals surface area contributed by atoms with Gasteiger partial charge in [-0.2, -0.15) is 0 Å². The minimum absolute atomic E-state index is 0.0768. The van der Waals surface area contributed by atoms with E-state index in [-0.39, 0.29) is 16.8 Å². The van der Waals surface area contributed by atoms with Crippen LogP contribution in [0.4, 0.5) is 5.69 Å². The molecule has 0 spiro atoms. The van der Waals surface area contributed by atoms with Crippen molar-refractivity contribution in [3.8, 4) is 0 Å². The van der Waals surface area contributed by atoms with E-state index >= 15 is 0 Å². The minimum atomic E-state index is -0.911. The van der Waals surface area contributed by atoms with E-state index in [1.165, 1.54) is 10.7 Å². The predicted molar refractivity (Wildman–Crippen MR) is 124 cm³/mol. The fourth-order valence-corrected chi connectivity index (χ4v) is 3.43. The highest BCUT2D eigenvalue weighted by Gasteiger charge is 2.22. The van der Waals surface area contributed by atoms with Gasteiger partial charge in [0.1, 0.15) is 5.69 Å². The zero-order chi connectivity index (χ0) is 22.7. The Morgan fingerprint density at radius 2 is 1.65 bits per heavy atom. The summed E-state index contributed by atoms with van der Waals surface area (Å²) >= 11 is 18.1. The summed E-state index contributed by atoms with van der Waals surface area (Å²) in [6, 6.07) is 10.9. The van der Waals surface area contributed by atoms with Gasteiger partial charge in [0.25, 0.3) is 5.91 Å². The average molecular weight is 482 g/mol. The molecule has 3 N–H and O–H groups in total. The van der Waals surface area contributed by atoms with Crippen LogP contribution in [0, 0.1) is 0 Å². The molecule has 1 heterocycles. The second-order valence-corrected chi connectivity index (χ2v) is 8.15. The van der Waals surface area contributed by atoms with Gasteiger partial charge in [0.15, 0.2) is 0 Å². The van der Waals surface area contributed by atoms with Crippen LogP contribution in [0.3, 0.4) is 0 Å². The highest BCUT2D eigenvalue weighted by Crippen LogP contribution is 2.27. The Balaban J connectivity index is 1.95. The third-order valence-electron chi connectivity index (χ3n) is 4.59. The number of carbonyl (C=O) groups is 3. The molecule has 0 aliphatic carbocycles. The fraction of sp³-hybridized carbons (Fsp3) is 0.190. The van der Waals surface area contributed by atoms with E-state index in [0.717, 1.165) is 0 Å². The Hall–Kier alpha value is -2.74. The van der Waals surface area contributed by atoms with Gasteiger partial charge in [0.05, 0.1) is 16.2 Å².